The minimum Gasteiger partial charge on any atom is -0.394 e. The predicted octanol–water partition coefficient (Wildman–Crippen LogP) is 5.27. The third-order valence-corrected chi connectivity index (χ3v) is 10.4. The molecule has 0 spiro atoms. The maximum atomic E-state index is 6.49. The van der Waals surface area contributed by atoms with E-state index in [1.807, 2.05) is 0 Å². The zero-order valence-electron chi connectivity index (χ0n) is 14.0. The highest BCUT2D eigenvalue weighted by Gasteiger charge is 2.53. The van der Waals surface area contributed by atoms with Crippen LogP contribution < -0.4 is 0 Å². The van der Waals surface area contributed by atoms with Crippen molar-refractivity contribution >= 4 is 8.56 Å². The molecule has 0 saturated heterocycles. The maximum Gasteiger partial charge on any atom is 0.344 e. The van der Waals surface area contributed by atoms with E-state index in [4.69, 9.17) is 8.85 Å². The van der Waals surface area contributed by atoms with Gasteiger partial charge in [0, 0.05) is 24.3 Å². The molecule has 0 aromatic carbocycles. The van der Waals surface area contributed by atoms with Crippen molar-refractivity contribution in [1.29, 1.82) is 0 Å². The third-order valence-electron chi connectivity index (χ3n) is 5.59. The van der Waals surface area contributed by atoms with Gasteiger partial charge in [0.2, 0.25) is 0 Å². The first-order valence-electron chi connectivity index (χ1n) is 8.90. The lowest BCUT2D eigenvalue weighted by Crippen LogP contribution is -2.51. The van der Waals surface area contributed by atoms with E-state index in [-0.39, 0.29) is 0 Å². The molecule has 0 bridgehead atoms. The van der Waals surface area contributed by atoms with Gasteiger partial charge < -0.3 is 8.85 Å². The Morgan fingerprint density at radius 3 is 1.70 bits per heavy atom. The minimum atomic E-state index is -2.03. The largest absolute Gasteiger partial charge is 0.394 e. The van der Waals surface area contributed by atoms with Crippen LogP contribution in [0, 0.1) is 11.8 Å². The molecule has 2 unspecified atom stereocenters. The summed E-state index contributed by atoms with van der Waals surface area (Å²) in [7, 11) is -2.03. The Labute approximate surface area is 126 Å². The summed E-state index contributed by atoms with van der Waals surface area (Å²) in [4.78, 5) is 0. The molecule has 0 aromatic rings. The molecule has 2 aliphatic carbocycles. The molecule has 118 valence electrons. The van der Waals surface area contributed by atoms with Gasteiger partial charge in [0.05, 0.1) is 0 Å². The lowest BCUT2D eigenvalue weighted by molar-refractivity contribution is 0.149. The van der Waals surface area contributed by atoms with Gasteiger partial charge in [-0.2, -0.15) is 0 Å². The molecule has 2 fully saturated rings. The van der Waals surface area contributed by atoms with E-state index in [0.717, 1.165) is 36.1 Å². The maximum absolute atomic E-state index is 6.49. The number of rotatable bonds is 6. The van der Waals surface area contributed by atoms with Crippen molar-refractivity contribution in [3.8, 4) is 0 Å². The van der Waals surface area contributed by atoms with Crippen LogP contribution in [0.25, 0.3) is 0 Å². The van der Waals surface area contributed by atoms with Crippen LogP contribution in [0.4, 0.5) is 0 Å². The molecule has 2 saturated carbocycles. The Hall–Kier alpha value is 0.137. The topological polar surface area (TPSA) is 18.5 Å². The molecular formula is C17H34O2Si. The van der Waals surface area contributed by atoms with E-state index < -0.39 is 8.56 Å². The van der Waals surface area contributed by atoms with Crippen LogP contribution in [0.2, 0.25) is 11.1 Å². The normalized spacial score (nSPS) is 35.4. The van der Waals surface area contributed by atoms with Gasteiger partial charge in [0.25, 0.3) is 0 Å². The van der Waals surface area contributed by atoms with Crippen molar-refractivity contribution in [3.05, 3.63) is 0 Å². The average molecular weight is 299 g/mol. The molecule has 0 radical (unpaired) electrons. The van der Waals surface area contributed by atoms with Gasteiger partial charge >= 0.3 is 8.56 Å². The van der Waals surface area contributed by atoms with Gasteiger partial charge in [-0.1, -0.05) is 33.1 Å². The summed E-state index contributed by atoms with van der Waals surface area (Å²) in [5.41, 5.74) is 1.49. The lowest BCUT2D eigenvalue weighted by Gasteiger charge is -2.43. The van der Waals surface area contributed by atoms with Gasteiger partial charge in [-0.3, -0.25) is 0 Å². The predicted molar refractivity (Wildman–Crippen MR) is 87.2 cm³/mol. The van der Waals surface area contributed by atoms with Crippen molar-refractivity contribution in [2.45, 2.75) is 83.7 Å². The van der Waals surface area contributed by atoms with Gasteiger partial charge in [-0.25, -0.2) is 0 Å². The van der Waals surface area contributed by atoms with E-state index in [2.05, 4.69) is 27.7 Å². The summed E-state index contributed by atoms with van der Waals surface area (Å²) < 4.78 is 13.0. The first-order valence-corrected chi connectivity index (χ1v) is 10.9. The molecule has 2 rings (SSSR count). The highest BCUT2D eigenvalue weighted by Crippen LogP contribution is 2.52. The number of hydrogen-bond acceptors (Lipinski definition) is 2. The Bertz CT molecular complexity index is 281. The second kappa shape index (κ2) is 7.41. The van der Waals surface area contributed by atoms with Crippen molar-refractivity contribution in [3.63, 3.8) is 0 Å². The zero-order chi connectivity index (χ0) is 14.6. The van der Waals surface area contributed by atoms with E-state index in [1.54, 1.807) is 0 Å². The first kappa shape index (κ1) is 16.5. The monoisotopic (exact) mass is 298 g/mol. The molecule has 2 atom stereocenters. The smallest absolute Gasteiger partial charge is 0.344 e. The van der Waals surface area contributed by atoms with E-state index in [1.165, 1.54) is 44.9 Å². The fraction of sp³-hybridized carbons (Fsp3) is 1.00. The molecular weight excluding hydrogens is 264 g/mol. The molecule has 0 N–H and O–H groups in total. The fourth-order valence-electron chi connectivity index (χ4n) is 4.53. The lowest BCUT2D eigenvalue weighted by atomic mass is 9.90. The molecule has 0 aromatic heterocycles. The Kier molecular flexibility index (Phi) is 6.12. The van der Waals surface area contributed by atoms with E-state index >= 15 is 0 Å². The summed E-state index contributed by atoms with van der Waals surface area (Å²) in [6, 6.07) is 0. The van der Waals surface area contributed by atoms with Crippen molar-refractivity contribution in [2.24, 2.45) is 11.8 Å². The van der Waals surface area contributed by atoms with Crippen LogP contribution in [0.5, 0.6) is 0 Å². The minimum absolute atomic E-state index is 0.744. The molecule has 2 nitrogen and oxygen atoms in total. The van der Waals surface area contributed by atoms with Gasteiger partial charge in [0.1, 0.15) is 0 Å². The van der Waals surface area contributed by atoms with Crippen molar-refractivity contribution in [1.82, 2.24) is 0 Å². The van der Waals surface area contributed by atoms with E-state index in [0.29, 0.717) is 0 Å². The third kappa shape index (κ3) is 3.48. The summed E-state index contributed by atoms with van der Waals surface area (Å²) in [5, 5.41) is 0. The Morgan fingerprint density at radius 2 is 1.25 bits per heavy atom. The van der Waals surface area contributed by atoms with Gasteiger partial charge in [-0.05, 0) is 51.4 Å². The molecule has 0 heterocycles. The standard InChI is InChI=1S/C17H34O2Si/c1-5-18-20(19-6-2,17-12-9-15(4)13-17)16-10-7-14(3)8-11-16/h14-17H,5-13H2,1-4H3. The molecule has 2 aliphatic rings. The summed E-state index contributed by atoms with van der Waals surface area (Å²) in [6.07, 6.45) is 9.51. The Balaban J connectivity index is 2.16. The van der Waals surface area contributed by atoms with Crippen molar-refractivity contribution < 1.29 is 8.85 Å². The summed E-state index contributed by atoms with van der Waals surface area (Å²) >= 11 is 0. The van der Waals surface area contributed by atoms with Crippen LogP contribution in [0.15, 0.2) is 0 Å². The SMILES string of the molecule is CCO[Si](OCC)(C1CCC(C)CC1)C1CCC(C)C1. The molecule has 3 heteroatoms. The Morgan fingerprint density at radius 1 is 0.750 bits per heavy atom. The zero-order valence-corrected chi connectivity index (χ0v) is 15.0. The highest BCUT2D eigenvalue weighted by molar-refractivity contribution is 6.70. The average Bonchev–Trinajstić information content (AvgIpc) is 2.86. The van der Waals surface area contributed by atoms with Gasteiger partial charge in [-0.15, -0.1) is 0 Å². The highest BCUT2D eigenvalue weighted by atomic mass is 28.4. The van der Waals surface area contributed by atoms with Crippen LogP contribution in [-0.2, 0) is 8.85 Å². The van der Waals surface area contributed by atoms with Crippen LogP contribution in [-0.4, -0.2) is 21.8 Å². The van der Waals surface area contributed by atoms with Crippen molar-refractivity contribution in [2.75, 3.05) is 13.2 Å². The quantitative estimate of drug-likeness (QED) is 0.622. The van der Waals surface area contributed by atoms with Crippen LogP contribution in [0.1, 0.15) is 72.6 Å². The second-order valence-electron chi connectivity index (χ2n) is 7.16. The van der Waals surface area contributed by atoms with Crippen LogP contribution in [0.3, 0.4) is 0 Å². The van der Waals surface area contributed by atoms with E-state index in [9.17, 15) is 0 Å². The van der Waals surface area contributed by atoms with Gasteiger partial charge in [0.15, 0.2) is 0 Å². The number of hydrogen-bond donors (Lipinski definition) is 0. The first-order chi connectivity index (χ1) is 9.62. The second-order valence-corrected chi connectivity index (χ2v) is 10.8. The molecule has 0 amide bonds. The van der Waals surface area contributed by atoms with Crippen LogP contribution >= 0.6 is 0 Å². The summed E-state index contributed by atoms with van der Waals surface area (Å²) in [6.45, 7) is 10.8. The summed E-state index contributed by atoms with van der Waals surface area (Å²) in [5.74, 6) is 1.78. The fourth-order valence-corrected chi connectivity index (χ4v) is 9.57. The molecule has 20 heavy (non-hydrogen) atoms. The molecule has 0 aliphatic heterocycles.